The molecular formula is C15H24N4O2. The maximum atomic E-state index is 12.6. The lowest BCUT2D eigenvalue weighted by Crippen LogP contribution is -2.53. The molecule has 2 fully saturated rings. The molecule has 3 rings (SSSR count). The number of hydrogen-bond donors (Lipinski definition) is 1. The summed E-state index contributed by atoms with van der Waals surface area (Å²) in [7, 11) is 0. The summed E-state index contributed by atoms with van der Waals surface area (Å²) in [5, 5.41) is 0. The van der Waals surface area contributed by atoms with Crippen LogP contribution in [0, 0.1) is 0 Å². The van der Waals surface area contributed by atoms with Crippen molar-refractivity contribution < 1.29 is 9.53 Å². The fraction of sp³-hybridized carbons (Fsp3) is 0.733. The highest BCUT2D eigenvalue weighted by molar-refractivity contribution is 5.81. The second-order valence-electron chi connectivity index (χ2n) is 5.76. The minimum atomic E-state index is -0.232. The van der Waals surface area contributed by atoms with E-state index in [0.717, 1.165) is 44.7 Å². The SMILES string of the molecule is CCN1CCN(C(=O)[C@@H]2CCCCO2)C[C@@H]1c1ncc[nH]1. The van der Waals surface area contributed by atoms with E-state index in [1.807, 2.05) is 11.1 Å². The molecule has 2 saturated heterocycles. The second kappa shape index (κ2) is 6.58. The number of aromatic nitrogens is 2. The van der Waals surface area contributed by atoms with Crippen molar-refractivity contribution in [2.24, 2.45) is 0 Å². The number of nitrogens with zero attached hydrogens (tertiary/aromatic N) is 3. The zero-order chi connectivity index (χ0) is 14.7. The van der Waals surface area contributed by atoms with Gasteiger partial charge in [0.1, 0.15) is 11.9 Å². The molecule has 0 unspecified atom stereocenters. The van der Waals surface area contributed by atoms with E-state index in [1.54, 1.807) is 6.20 Å². The molecule has 0 spiro atoms. The Morgan fingerprint density at radius 1 is 1.48 bits per heavy atom. The fourth-order valence-corrected chi connectivity index (χ4v) is 3.26. The van der Waals surface area contributed by atoms with Crippen LogP contribution in [0.2, 0.25) is 0 Å². The van der Waals surface area contributed by atoms with Gasteiger partial charge in [-0.3, -0.25) is 9.69 Å². The number of imidazole rings is 1. The van der Waals surface area contributed by atoms with Crippen LogP contribution in [-0.4, -0.2) is 64.6 Å². The molecule has 6 nitrogen and oxygen atoms in total. The first-order valence-corrected chi connectivity index (χ1v) is 7.93. The number of nitrogens with one attached hydrogen (secondary N) is 1. The Morgan fingerprint density at radius 3 is 3.05 bits per heavy atom. The molecule has 0 radical (unpaired) electrons. The van der Waals surface area contributed by atoms with E-state index < -0.39 is 0 Å². The Labute approximate surface area is 125 Å². The summed E-state index contributed by atoms with van der Waals surface area (Å²) < 4.78 is 5.64. The van der Waals surface area contributed by atoms with E-state index in [9.17, 15) is 4.79 Å². The zero-order valence-electron chi connectivity index (χ0n) is 12.6. The van der Waals surface area contributed by atoms with E-state index >= 15 is 0 Å². The van der Waals surface area contributed by atoms with Crippen molar-refractivity contribution in [3.05, 3.63) is 18.2 Å². The number of carbonyl (C=O) groups excluding carboxylic acids is 1. The number of hydrogen-bond acceptors (Lipinski definition) is 4. The van der Waals surface area contributed by atoms with Crippen molar-refractivity contribution in [2.45, 2.75) is 38.3 Å². The Balaban J connectivity index is 1.68. The predicted molar refractivity (Wildman–Crippen MR) is 78.7 cm³/mol. The molecular weight excluding hydrogens is 268 g/mol. The number of carbonyl (C=O) groups is 1. The van der Waals surface area contributed by atoms with Crippen LogP contribution in [0.15, 0.2) is 12.4 Å². The summed E-state index contributed by atoms with van der Waals surface area (Å²) in [6.45, 7) is 6.20. The number of ether oxygens (including phenoxy) is 1. The minimum absolute atomic E-state index is 0.155. The van der Waals surface area contributed by atoms with Crippen LogP contribution in [0.4, 0.5) is 0 Å². The molecule has 1 aromatic rings. The van der Waals surface area contributed by atoms with Gasteiger partial charge in [0.15, 0.2) is 0 Å². The van der Waals surface area contributed by atoms with E-state index in [-0.39, 0.29) is 18.1 Å². The molecule has 2 atom stereocenters. The molecule has 0 aliphatic carbocycles. The molecule has 6 heteroatoms. The van der Waals surface area contributed by atoms with Gasteiger partial charge in [0, 0.05) is 38.6 Å². The monoisotopic (exact) mass is 292 g/mol. The number of H-pyrrole nitrogens is 1. The Morgan fingerprint density at radius 2 is 2.38 bits per heavy atom. The first kappa shape index (κ1) is 14.5. The van der Waals surface area contributed by atoms with E-state index in [4.69, 9.17) is 4.74 Å². The lowest BCUT2D eigenvalue weighted by Gasteiger charge is -2.41. The van der Waals surface area contributed by atoms with Crippen LogP contribution in [0.1, 0.15) is 38.1 Å². The molecule has 2 aliphatic heterocycles. The third-order valence-electron chi connectivity index (χ3n) is 4.50. The van der Waals surface area contributed by atoms with Crippen LogP contribution in [0.3, 0.4) is 0 Å². The van der Waals surface area contributed by atoms with Crippen LogP contribution in [-0.2, 0) is 9.53 Å². The van der Waals surface area contributed by atoms with Gasteiger partial charge in [0.25, 0.3) is 5.91 Å². The molecule has 2 aliphatic rings. The lowest BCUT2D eigenvalue weighted by atomic mass is 10.1. The molecule has 0 aromatic carbocycles. The average molecular weight is 292 g/mol. The highest BCUT2D eigenvalue weighted by Crippen LogP contribution is 2.24. The molecule has 21 heavy (non-hydrogen) atoms. The quantitative estimate of drug-likeness (QED) is 0.909. The lowest BCUT2D eigenvalue weighted by molar-refractivity contribution is -0.149. The number of amides is 1. The molecule has 3 heterocycles. The first-order valence-electron chi connectivity index (χ1n) is 7.93. The maximum absolute atomic E-state index is 12.6. The summed E-state index contributed by atoms with van der Waals surface area (Å²) in [5.74, 6) is 1.10. The van der Waals surface area contributed by atoms with Crippen molar-refractivity contribution >= 4 is 5.91 Å². The van der Waals surface area contributed by atoms with Gasteiger partial charge < -0.3 is 14.6 Å². The van der Waals surface area contributed by atoms with Gasteiger partial charge in [-0.2, -0.15) is 0 Å². The normalized spacial score (nSPS) is 27.8. The van der Waals surface area contributed by atoms with Gasteiger partial charge in [0.05, 0.1) is 6.04 Å². The van der Waals surface area contributed by atoms with E-state index in [1.165, 1.54) is 0 Å². The standard InChI is InChI=1S/C15H24N4O2/c1-2-18-8-9-19(11-12(18)14-16-6-7-17-14)15(20)13-5-3-4-10-21-13/h6-7,12-13H,2-5,8-11H2,1H3,(H,16,17)/t12-,13+/m1/s1. The van der Waals surface area contributed by atoms with E-state index in [2.05, 4.69) is 21.8 Å². The van der Waals surface area contributed by atoms with Gasteiger partial charge in [-0.25, -0.2) is 4.98 Å². The summed E-state index contributed by atoms with van der Waals surface area (Å²) in [4.78, 5) is 24.5. The molecule has 0 bridgehead atoms. The molecule has 1 amide bonds. The number of piperazine rings is 1. The van der Waals surface area contributed by atoms with Crippen LogP contribution < -0.4 is 0 Å². The Kier molecular flexibility index (Phi) is 4.55. The van der Waals surface area contributed by atoms with Gasteiger partial charge in [0.2, 0.25) is 0 Å². The average Bonchev–Trinajstić information content (AvgIpc) is 3.08. The van der Waals surface area contributed by atoms with Crippen LogP contribution in [0.25, 0.3) is 0 Å². The molecule has 0 saturated carbocycles. The van der Waals surface area contributed by atoms with Crippen LogP contribution in [0.5, 0.6) is 0 Å². The summed E-state index contributed by atoms with van der Waals surface area (Å²) in [5.41, 5.74) is 0. The summed E-state index contributed by atoms with van der Waals surface area (Å²) >= 11 is 0. The van der Waals surface area contributed by atoms with Gasteiger partial charge in [-0.1, -0.05) is 6.92 Å². The molecule has 1 aromatic heterocycles. The third kappa shape index (κ3) is 3.11. The number of aromatic amines is 1. The summed E-state index contributed by atoms with van der Waals surface area (Å²) in [6.07, 6.45) is 6.40. The Hall–Kier alpha value is -1.40. The molecule has 116 valence electrons. The number of likely N-dealkylation sites (N-methyl/N-ethyl adjacent to an activating group) is 1. The Bertz CT molecular complexity index is 456. The number of rotatable bonds is 3. The second-order valence-corrected chi connectivity index (χ2v) is 5.76. The fourth-order valence-electron chi connectivity index (χ4n) is 3.26. The van der Waals surface area contributed by atoms with Gasteiger partial charge >= 0.3 is 0 Å². The molecule has 1 N–H and O–H groups in total. The topological polar surface area (TPSA) is 61.5 Å². The maximum Gasteiger partial charge on any atom is 0.251 e. The van der Waals surface area contributed by atoms with Gasteiger partial charge in [-0.05, 0) is 25.8 Å². The largest absolute Gasteiger partial charge is 0.368 e. The van der Waals surface area contributed by atoms with Crippen molar-refractivity contribution in [1.82, 2.24) is 19.8 Å². The first-order chi connectivity index (χ1) is 10.3. The highest BCUT2D eigenvalue weighted by atomic mass is 16.5. The minimum Gasteiger partial charge on any atom is -0.368 e. The van der Waals surface area contributed by atoms with Crippen molar-refractivity contribution in [3.63, 3.8) is 0 Å². The van der Waals surface area contributed by atoms with Crippen molar-refractivity contribution in [2.75, 3.05) is 32.8 Å². The smallest absolute Gasteiger partial charge is 0.251 e. The van der Waals surface area contributed by atoms with Crippen molar-refractivity contribution in [1.29, 1.82) is 0 Å². The van der Waals surface area contributed by atoms with Crippen LogP contribution >= 0.6 is 0 Å². The van der Waals surface area contributed by atoms with Gasteiger partial charge in [-0.15, -0.1) is 0 Å². The van der Waals surface area contributed by atoms with Crippen molar-refractivity contribution in [3.8, 4) is 0 Å². The predicted octanol–water partition coefficient (Wildman–Crippen LogP) is 1.18. The summed E-state index contributed by atoms with van der Waals surface area (Å²) in [6, 6.07) is 0.159. The zero-order valence-corrected chi connectivity index (χ0v) is 12.6. The van der Waals surface area contributed by atoms with E-state index in [0.29, 0.717) is 13.2 Å². The third-order valence-corrected chi connectivity index (χ3v) is 4.50. The highest BCUT2D eigenvalue weighted by Gasteiger charge is 2.34.